The van der Waals surface area contributed by atoms with Crippen LogP contribution in [-0.4, -0.2) is 37.6 Å². The third-order valence-corrected chi connectivity index (χ3v) is 6.80. The van der Waals surface area contributed by atoms with E-state index in [1.54, 1.807) is 36.0 Å². The van der Waals surface area contributed by atoms with Crippen molar-refractivity contribution >= 4 is 21.6 Å². The number of nitrogens with zero attached hydrogens (tertiary/aromatic N) is 1. The zero-order valence-electron chi connectivity index (χ0n) is 18.0. The number of rotatable bonds is 9. The Kier molecular flexibility index (Phi) is 7.75. The Balaban J connectivity index is 2.15. The molecule has 0 saturated carbocycles. The summed E-state index contributed by atoms with van der Waals surface area (Å²) in [5.41, 5.74) is 3.87. The summed E-state index contributed by atoms with van der Waals surface area (Å²) in [6, 6.07) is 16.7. The van der Waals surface area contributed by atoms with Crippen molar-refractivity contribution in [2.75, 3.05) is 19.1 Å². The van der Waals surface area contributed by atoms with Crippen LogP contribution < -0.4 is 4.74 Å². The Morgan fingerprint density at radius 1 is 1.03 bits per heavy atom. The van der Waals surface area contributed by atoms with Gasteiger partial charge in [0.2, 0.25) is 5.88 Å². The standard InChI is InChI=1S/C24H27NO4S2/c1-4-5-14-29-24-19(16-26)15-22(17-8-12-21(13-9-17)31(3,27)28)23(25-24)18-6-10-20(30-2)11-7-18/h6-13,15,26H,4-5,14,16H2,1-3H3. The van der Waals surface area contributed by atoms with E-state index in [9.17, 15) is 13.5 Å². The molecule has 0 spiro atoms. The first-order valence-electron chi connectivity index (χ1n) is 10.1. The van der Waals surface area contributed by atoms with Crippen molar-refractivity contribution in [1.29, 1.82) is 0 Å². The number of hydrogen-bond acceptors (Lipinski definition) is 6. The van der Waals surface area contributed by atoms with Gasteiger partial charge in [-0.15, -0.1) is 11.8 Å². The molecular weight excluding hydrogens is 430 g/mol. The average Bonchev–Trinajstić information content (AvgIpc) is 2.78. The summed E-state index contributed by atoms with van der Waals surface area (Å²) >= 11 is 1.66. The third kappa shape index (κ3) is 5.67. The second-order valence-electron chi connectivity index (χ2n) is 7.23. The first kappa shape index (κ1) is 23.3. The van der Waals surface area contributed by atoms with Crippen molar-refractivity contribution < 1.29 is 18.3 Å². The predicted octanol–water partition coefficient (Wildman–Crippen LogP) is 5.21. The molecule has 0 bridgehead atoms. The Morgan fingerprint density at radius 3 is 2.23 bits per heavy atom. The van der Waals surface area contributed by atoms with Crippen molar-refractivity contribution in [3.05, 3.63) is 60.2 Å². The normalized spacial score (nSPS) is 11.5. The van der Waals surface area contributed by atoms with Crippen LogP contribution >= 0.6 is 11.8 Å². The van der Waals surface area contributed by atoms with E-state index in [1.807, 2.05) is 36.6 Å². The number of aliphatic hydroxyl groups is 1. The summed E-state index contributed by atoms with van der Waals surface area (Å²) in [5, 5.41) is 9.92. The summed E-state index contributed by atoms with van der Waals surface area (Å²) in [5.74, 6) is 0.427. The van der Waals surface area contributed by atoms with Crippen LogP contribution in [0.5, 0.6) is 5.88 Å². The van der Waals surface area contributed by atoms with Crippen molar-refractivity contribution in [1.82, 2.24) is 4.98 Å². The maximum Gasteiger partial charge on any atom is 0.219 e. The van der Waals surface area contributed by atoms with Gasteiger partial charge in [-0.1, -0.05) is 37.6 Å². The first-order valence-corrected chi connectivity index (χ1v) is 13.2. The lowest BCUT2D eigenvalue weighted by Crippen LogP contribution is -2.04. The molecule has 31 heavy (non-hydrogen) atoms. The maximum absolute atomic E-state index is 11.8. The van der Waals surface area contributed by atoms with Crippen LogP contribution in [0.25, 0.3) is 22.4 Å². The van der Waals surface area contributed by atoms with Crippen LogP contribution in [0.4, 0.5) is 0 Å². The zero-order chi connectivity index (χ0) is 22.4. The molecule has 0 amide bonds. The largest absolute Gasteiger partial charge is 0.477 e. The fraction of sp³-hybridized carbons (Fsp3) is 0.292. The van der Waals surface area contributed by atoms with Gasteiger partial charge in [0.05, 0.1) is 23.8 Å². The summed E-state index contributed by atoms with van der Waals surface area (Å²) in [6.07, 6.45) is 5.12. The van der Waals surface area contributed by atoms with Gasteiger partial charge in [-0.2, -0.15) is 0 Å². The number of thioether (sulfide) groups is 1. The van der Waals surface area contributed by atoms with Crippen LogP contribution in [0, 0.1) is 0 Å². The third-order valence-electron chi connectivity index (χ3n) is 4.93. The molecule has 0 unspecified atom stereocenters. The summed E-state index contributed by atoms with van der Waals surface area (Å²) in [4.78, 5) is 6.19. The van der Waals surface area contributed by atoms with Gasteiger partial charge in [-0.25, -0.2) is 13.4 Å². The molecule has 0 aliphatic heterocycles. The SMILES string of the molecule is CCCCOc1nc(-c2ccc(SC)cc2)c(-c2ccc(S(C)(=O)=O)cc2)cc1CO. The van der Waals surface area contributed by atoms with Crippen LogP contribution in [0.15, 0.2) is 64.4 Å². The number of sulfone groups is 1. The minimum absolute atomic E-state index is 0.200. The molecule has 0 saturated heterocycles. The summed E-state index contributed by atoms with van der Waals surface area (Å²) < 4.78 is 29.5. The van der Waals surface area contributed by atoms with Crippen molar-refractivity contribution in [3.8, 4) is 28.3 Å². The number of ether oxygens (including phenoxy) is 1. The smallest absolute Gasteiger partial charge is 0.219 e. The fourth-order valence-electron chi connectivity index (χ4n) is 3.16. The number of pyridine rings is 1. The molecule has 3 rings (SSSR count). The van der Waals surface area contributed by atoms with Crippen molar-refractivity contribution in [2.45, 2.75) is 36.2 Å². The van der Waals surface area contributed by atoms with Crippen LogP contribution in [-0.2, 0) is 16.4 Å². The van der Waals surface area contributed by atoms with Gasteiger partial charge in [-0.05, 0) is 48.6 Å². The Labute approximate surface area is 188 Å². The number of unbranched alkanes of at least 4 members (excludes halogenated alkanes) is 1. The Hall–Kier alpha value is -2.35. The highest BCUT2D eigenvalue weighted by Crippen LogP contribution is 2.36. The minimum atomic E-state index is -3.28. The molecule has 2 aromatic carbocycles. The van der Waals surface area contributed by atoms with Gasteiger partial charge in [0, 0.05) is 27.8 Å². The Morgan fingerprint density at radius 2 is 1.68 bits per heavy atom. The first-order chi connectivity index (χ1) is 14.9. The lowest BCUT2D eigenvalue weighted by molar-refractivity contribution is 0.255. The molecule has 3 aromatic rings. The number of benzene rings is 2. The molecule has 1 N–H and O–H groups in total. The van der Waals surface area contributed by atoms with Crippen molar-refractivity contribution in [3.63, 3.8) is 0 Å². The van der Waals surface area contributed by atoms with Crippen LogP contribution in [0.3, 0.4) is 0 Å². The van der Waals surface area contributed by atoms with E-state index >= 15 is 0 Å². The number of aliphatic hydroxyl groups excluding tert-OH is 1. The molecule has 0 aliphatic rings. The molecular formula is C24H27NO4S2. The topological polar surface area (TPSA) is 76.5 Å². The highest BCUT2D eigenvalue weighted by molar-refractivity contribution is 7.98. The van der Waals surface area contributed by atoms with E-state index in [4.69, 9.17) is 9.72 Å². The van der Waals surface area contributed by atoms with E-state index in [-0.39, 0.29) is 11.5 Å². The maximum atomic E-state index is 11.8. The van der Waals surface area contributed by atoms with Crippen LogP contribution in [0.1, 0.15) is 25.3 Å². The van der Waals surface area contributed by atoms with Gasteiger partial charge in [0.1, 0.15) is 0 Å². The van der Waals surface area contributed by atoms with E-state index in [2.05, 4.69) is 6.92 Å². The van der Waals surface area contributed by atoms with E-state index < -0.39 is 9.84 Å². The molecule has 1 aromatic heterocycles. The van der Waals surface area contributed by atoms with E-state index in [1.165, 1.54) is 6.26 Å². The van der Waals surface area contributed by atoms with Gasteiger partial charge < -0.3 is 9.84 Å². The molecule has 7 heteroatoms. The van der Waals surface area contributed by atoms with Crippen LogP contribution in [0.2, 0.25) is 0 Å². The zero-order valence-corrected chi connectivity index (χ0v) is 19.6. The number of hydrogen-bond donors (Lipinski definition) is 1. The highest BCUT2D eigenvalue weighted by Gasteiger charge is 2.17. The molecule has 0 fully saturated rings. The van der Waals surface area contributed by atoms with Gasteiger partial charge in [-0.3, -0.25) is 0 Å². The predicted molar refractivity (Wildman–Crippen MR) is 126 cm³/mol. The quantitative estimate of drug-likeness (QED) is 0.351. The van der Waals surface area contributed by atoms with E-state index in [0.29, 0.717) is 18.1 Å². The lowest BCUT2D eigenvalue weighted by atomic mass is 9.97. The summed E-state index contributed by atoms with van der Waals surface area (Å²) in [6.45, 7) is 2.42. The fourth-order valence-corrected chi connectivity index (χ4v) is 4.20. The molecule has 0 atom stereocenters. The monoisotopic (exact) mass is 457 g/mol. The van der Waals surface area contributed by atoms with E-state index in [0.717, 1.165) is 40.1 Å². The van der Waals surface area contributed by atoms with Crippen molar-refractivity contribution in [2.24, 2.45) is 0 Å². The Bertz CT molecular complexity index is 1130. The molecule has 0 radical (unpaired) electrons. The molecule has 164 valence electrons. The van der Waals surface area contributed by atoms with Gasteiger partial charge >= 0.3 is 0 Å². The molecule has 0 aliphatic carbocycles. The summed E-state index contributed by atoms with van der Waals surface area (Å²) in [7, 11) is -3.28. The number of aromatic nitrogens is 1. The minimum Gasteiger partial charge on any atom is -0.477 e. The molecule has 1 heterocycles. The highest BCUT2D eigenvalue weighted by atomic mass is 32.2. The van der Waals surface area contributed by atoms with Gasteiger partial charge in [0.25, 0.3) is 0 Å². The van der Waals surface area contributed by atoms with Gasteiger partial charge in [0.15, 0.2) is 9.84 Å². The second kappa shape index (κ2) is 10.3. The average molecular weight is 458 g/mol. The second-order valence-corrected chi connectivity index (χ2v) is 10.1. The molecule has 5 nitrogen and oxygen atoms in total. The lowest BCUT2D eigenvalue weighted by Gasteiger charge is -2.16.